The number of methoxy groups -OCH3 is 3. The molecule has 0 bridgehead atoms. The van der Waals surface area contributed by atoms with E-state index in [0.717, 1.165) is 0 Å². The van der Waals surface area contributed by atoms with Gasteiger partial charge in [0, 0.05) is 5.56 Å². The summed E-state index contributed by atoms with van der Waals surface area (Å²) in [6.45, 7) is 1.57. The zero-order chi connectivity index (χ0) is 18.6. The molecule has 1 aromatic carbocycles. The lowest BCUT2D eigenvalue weighted by atomic mass is 10.2. The van der Waals surface area contributed by atoms with Crippen LogP contribution in [0.3, 0.4) is 0 Å². The molecule has 0 N–H and O–H groups in total. The highest BCUT2D eigenvalue weighted by Crippen LogP contribution is 2.35. The van der Waals surface area contributed by atoms with Crippen LogP contribution in [0.1, 0.15) is 32.2 Å². The molecule has 1 heterocycles. The molecule has 0 aliphatic carbocycles. The number of halogens is 1. The van der Waals surface area contributed by atoms with E-state index in [9.17, 15) is 9.59 Å². The molecule has 134 valence electrons. The van der Waals surface area contributed by atoms with Crippen molar-refractivity contribution in [3.8, 4) is 11.5 Å². The van der Waals surface area contributed by atoms with Crippen LogP contribution in [0.5, 0.6) is 11.5 Å². The number of benzene rings is 1. The van der Waals surface area contributed by atoms with Gasteiger partial charge in [-0.2, -0.15) is 0 Å². The first kappa shape index (κ1) is 18.9. The van der Waals surface area contributed by atoms with Gasteiger partial charge in [-0.25, -0.2) is 9.59 Å². The van der Waals surface area contributed by atoms with E-state index in [1.807, 2.05) is 0 Å². The molecule has 0 amide bonds. The third-order valence-corrected chi connectivity index (χ3v) is 4.15. The van der Waals surface area contributed by atoms with Gasteiger partial charge in [0.25, 0.3) is 0 Å². The number of hydrogen-bond donors (Lipinski definition) is 0. The normalized spacial score (nSPS) is 10.3. The standard InChI is InChI=1S/C17H17BrO7/c1-9-5-11(25-15(9)17(20)23-4)8-24-16(19)10-6-12(21-2)14(18)13(7-10)22-3/h5-7H,8H2,1-4H3. The van der Waals surface area contributed by atoms with Gasteiger partial charge in [-0.3, -0.25) is 0 Å². The minimum atomic E-state index is -0.586. The van der Waals surface area contributed by atoms with E-state index in [0.29, 0.717) is 27.3 Å². The van der Waals surface area contributed by atoms with Gasteiger partial charge in [-0.15, -0.1) is 0 Å². The minimum absolute atomic E-state index is 0.0838. The second kappa shape index (κ2) is 8.06. The Morgan fingerprint density at radius 3 is 2.16 bits per heavy atom. The van der Waals surface area contributed by atoms with Crippen LogP contribution in [-0.4, -0.2) is 33.3 Å². The third kappa shape index (κ3) is 4.14. The van der Waals surface area contributed by atoms with Crippen molar-refractivity contribution < 1.29 is 33.0 Å². The van der Waals surface area contributed by atoms with Gasteiger partial charge in [-0.05, 0) is 41.1 Å². The van der Waals surface area contributed by atoms with Crippen LogP contribution >= 0.6 is 15.9 Å². The molecule has 0 fully saturated rings. The van der Waals surface area contributed by atoms with Gasteiger partial charge >= 0.3 is 11.9 Å². The molecule has 0 radical (unpaired) electrons. The summed E-state index contributed by atoms with van der Waals surface area (Å²) in [5, 5.41) is 0. The van der Waals surface area contributed by atoms with E-state index >= 15 is 0 Å². The van der Waals surface area contributed by atoms with Crippen molar-refractivity contribution >= 4 is 27.9 Å². The molecule has 0 unspecified atom stereocenters. The number of aryl methyl sites for hydroxylation is 1. The van der Waals surface area contributed by atoms with Crippen LogP contribution in [0.2, 0.25) is 0 Å². The molecule has 0 saturated carbocycles. The molecule has 25 heavy (non-hydrogen) atoms. The van der Waals surface area contributed by atoms with Gasteiger partial charge in [0.1, 0.15) is 28.3 Å². The number of carbonyl (C=O) groups is 2. The summed E-state index contributed by atoms with van der Waals surface area (Å²) < 4.78 is 26.2. The largest absolute Gasteiger partial charge is 0.495 e. The summed E-state index contributed by atoms with van der Waals surface area (Å²) in [6, 6.07) is 4.67. The third-order valence-electron chi connectivity index (χ3n) is 3.37. The highest BCUT2D eigenvalue weighted by molar-refractivity contribution is 9.10. The average Bonchev–Trinajstić information content (AvgIpc) is 2.99. The Kier molecular flexibility index (Phi) is 6.08. The van der Waals surface area contributed by atoms with Gasteiger partial charge in [0.05, 0.1) is 26.9 Å². The fourth-order valence-electron chi connectivity index (χ4n) is 2.12. The molecule has 1 aromatic heterocycles. The monoisotopic (exact) mass is 412 g/mol. The molecular weight excluding hydrogens is 396 g/mol. The second-order valence-corrected chi connectivity index (χ2v) is 5.78. The van der Waals surface area contributed by atoms with Crippen molar-refractivity contribution in [1.29, 1.82) is 0 Å². The van der Waals surface area contributed by atoms with E-state index in [-0.39, 0.29) is 17.9 Å². The fraction of sp³-hybridized carbons (Fsp3) is 0.294. The Balaban J connectivity index is 2.14. The average molecular weight is 413 g/mol. The number of ether oxygens (including phenoxy) is 4. The fourth-order valence-corrected chi connectivity index (χ4v) is 2.67. The molecule has 7 nitrogen and oxygen atoms in total. The Labute approximate surface area is 152 Å². The summed E-state index contributed by atoms with van der Waals surface area (Å²) >= 11 is 3.33. The maximum absolute atomic E-state index is 12.3. The predicted molar refractivity (Wildman–Crippen MR) is 91.2 cm³/mol. The Bertz CT molecular complexity index is 769. The number of furan rings is 1. The molecule has 8 heteroatoms. The SMILES string of the molecule is COC(=O)c1oc(COC(=O)c2cc(OC)c(Br)c(OC)c2)cc1C. The van der Waals surface area contributed by atoms with Crippen molar-refractivity contribution in [3.05, 3.63) is 45.3 Å². The molecule has 2 aromatic rings. The number of hydrogen-bond acceptors (Lipinski definition) is 7. The van der Waals surface area contributed by atoms with Crippen LogP contribution < -0.4 is 9.47 Å². The van der Waals surface area contributed by atoms with Crippen molar-refractivity contribution in [1.82, 2.24) is 0 Å². The zero-order valence-electron chi connectivity index (χ0n) is 14.2. The van der Waals surface area contributed by atoms with E-state index in [1.54, 1.807) is 13.0 Å². The summed E-state index contributed by atoms with van der Waals surface area (Å²) in [6.07, 6.45) is 0. The van der Waals surface area contributed by atoms with Crippen molar-refractivity contribution in [3.63, 3.8) is 0 Å². The van der Waals surface area contributed by atoms with E-state index < -0.39 is 11.9 Å². The highest BCUT2D eigenvalue weighted by atomic mass is 79.9. The molecule has 2 rings (SSSR count). The summed E-state index contributed by atoms with van der Waals surface area (Å²) in [5.74, 6) is 0.124. The molecule has 0 saturated heterocycles. The second-order valence-electron chi connectivity index (χ2n) is 4.99. The maximum atomic E-state index is 12.3. The van der Waals surface area contributed by atoms with Crippen LogP contribution in [0.4, 0.5) is 0 Å². The Hall–Kier alpha value is -2.48. The molecule has 0 aliphatic rings. The summed E-state index contributed by atoms with van der Waals surface area (Å²) in [5.41, 5.74) is 0.859. The van der Waals surface area contributed by atoms with E-state index in [1.165, 1.54) is 33.5 Å². The lowest BCUT2D eigenvalue weighted by Gasteiger charge is -2.11. The Morgan fingerprint density at radius 2 is 1.64 bits per heavy atom. The lowest BCUT2D eigenvalue weighted by Crippen LogP contribution is -2.06. The van der Waals surface area contributed by atoms with Crippen molar-refractivity contribution in [2.24, 2.45) is 0 Å². The smallest absolute Gasteiger partial charge is 0.374 e. The van der Waals surface area contributed by atoms with Gasteiger partial charge in [0.15, 0.2) is 0 Å². The summed E-state index contributed by atoms with van der Waals surface area (Å²) in [4.78, 5) is 23.8. The van der Waals surface area contributed by atoms with Crippen molar-refractivity contribution in [2.75, 3.05) is 21.3 Å². The zero-order valence-corrected chi connectivity index (χ0v) is 15.8. The van der Waals surface area contributed by atoms with E-state index in [4.69, 9.17) is 18.6 Å². The van der Waals surface area contributed by atoms with Crippen molar-refractivity contribution in [2.45, 2.75) is 13.5 Å². The van der Waals surface area contributed by atoms with Crippen LogP contribution in [0, 0.1) is 6.92 Å². The number of rotatable bonds is 6. The van der Waals surface area contributed by atoms with Gasteiger partial charge < -0.3 is 23.4 Å². The molecular formula is C17H17BrO7. The van der Waals surface area contributed by atoms with Crippen LogP contribution in [0.25, 0.3) is 0 Å². The maximum Gasteiger partial charge on any atom is 0.374 e. The lowest BCUT2D eigenvalue weighted by molar-refractivity contribution is 0.0437. The first-order chi connectivity index (χ1) is 11.9. The number of esters is 2. The minimum Gasteiger partial charge on any atom is -0.495 e. The molecule has 0 spiro atoms. The van der Waals surface area contributed by atoms with Crippen LogP contribution in [0.15, 0.2) is 27.1 Å². The predicted octanol–water partition coefficient (Wildman–Crippen LogP) is 3.51. The van der Waals surface area contributed by atoms with E-state index in [2.05, 4.69) is 20.7 Å². The van der Waals surface area contributed by atoms with Crippen LogP contribution in [-0.2, 0) is 16.1 Å². The first-order valence-corrected chi connectivity index (χ1v) is 7.96. The first-order valence-electron chi connectivity index (χ1n) is 7.17. The number of carbonyl (C=O) groups excluding carboxylic acids is 2. The van der Waals surface area contributed by atoms with Gasteiger partial charge in [0.2, 0.25) is 5.76 Å². The topological polar surface area (TPSA) is 84.2 Å². The van der Waals surface area contributed by atoms with Gasteiger partial charge in [-0.1, -0.05) is 0 Å². The highest BCUT2D eigenvalue weighted by Gasteiger charge is 2.19. The molecule has 0 atom stereocenters. The summed E-state index contributed by atoms with van der Waals surface area (Å²) in [7, 11) is 4.22. The Morgan fingerprint density at radius 1 is 1.04 bits per heavy atom. The molecule has 0 aliphatic heterocycles. The quantitative estimate of drug-likeness (QED) is 0.670.